The van der Waals surface area contributed by atoms with Crippen LogP contribution in [-0.4, -0.2) is 18.0 Å². The fourth-order valence-electron chi connectivity index (χ4n) is 2.27. The summed E-state index contributed by atoms with van der Waals surface area (Å²) in [5.41, 5.74) is 1.51. The second kappa shape index (κ2) is 7.62. The number of hydrogen-bond acceptors (Lipinski definition) is 3. The van der Waals surface area contributed by atoms with Crippen molar-refractivity contribution in [2.45, 2.75) is 39.0 Å². The Morgan fingerprint density at radius 2 is 2.05 bits per heavy atom. The molecule has 0 unspecified atom stereocenters. The number of ether oxygens (including phenoxy) is 1. The lowest BCUT2D eigenvalue weighted by molar-refractivity contribution is -0.116. The lowest BCUT2D eigenvalue weighted by Crippen LogP contribution is -2.11. The molecule has 1 amide bonds. The van der Waals surface area contributed by atoms with E-state index in [1.807, 2.05) is 30.3 Å². The fourth-order valence-corrected chi connectivity index (χ4v) is 2.27. The van der Waals surface area contributed by atoms with Crippen molar-refractivity contribution in [2.75, 3.05) is 12.4 Å². The van der Waals surface area contributed by atoms with Crippen LogP contribution in [0.4, 0.5) is 5.69 Å². The van der Waals surface area contributed by atoms with E-state index in [9.17, 15) is 4.79 Å². The Morgan fingerprint density at radius 1 is 1.19 bits per heavy atom. The van der Waals surface area contributed by atoms with Crippen molar-refractivity contribution in [1.29, 1.82) is 0 Å². The SMILES string of the molecule is CCCCCCC(=O)Nc1cccc2ccc(OC)nc12. The number of anilines is 1. The van der Waals surface area contributed by atoms with E-state index in [1.54, 1.807) is 7.11 Å². The molecule has 1 N–H and O–H groups in total. The smallest absolute Gasteiger partial charge is 0.224 e. The number of unbranched alkanes of at least 4 members (excludes halogenated alkanes) is 3. The molecule has 2 rings (SSSR count). The quantitative estimate of drug-likeness (QED) is 0.778. The van der Waals surface area contributed by atoms with Gasteiger partial charge in [0.1, 0.15) is 0 Å². The number of hydrogen-bond donors (Lipinski definition) is 1. The zero-order chi connectivity index (χ0) is 15.1. The van der Waals surface area contributed by atoms with Gasteiger partial charge in [0.2, 0.25) is 11.8 Å². The maximum Gasteiger partial charge on any atom is 0.224 e. The maximum atomic E-state index is 12.0. The van der Waals surface area contributed by atoms with E-state index < -0.39 is 0 Å². The number of nitrogens with zero attached hydrogens (tertiary/aromatic N) is 1. The molecule has 1 heterocycles. The highest BCUT2D eigenvalue weighted by molar-refractivity contribution is 6.00. The van der Waals surface area contributed by atoms with Gasteiger partial charge in [0.15, 0.2) is 0 Å². The Bertz CT molecular complexity index is 611. The summed E-state index contributed by atoms with van der Waals surface area (Å²) < 4.78 is 5.15. The first-order valence-corrected chi connectivity index (χ1v) is 7.48. The number of carbonyl (C=O) groups is 1. The van der Waals surface area contributed by atoms with Crippen LogP contribution < -0.4 is 10.1 Å². The number of amides is 1. The summed E-state index contributed by atoms with van der Waals surface area (Å²) in [6, 6.07) is 9.53. The minimum Gasteiger partial charge on any atom is -0.481 e. The molecular weight excluding hydrogens is 264 g/mol. The summed E-state index contributed by atoms with van der Waals surface area (Å²) in [5, 5.41) is 3.94. The van der Waals surface area contributed by atoms with Crippen molar-refractivity contribution in [3.05, 3.63) is 30.3 Å². The van der Waals surface area contributed by atoms with Crippen molar-refractivity contribution in [1.82, 2.24) is 4.98 Å². The number of methoxy groups -OCH3 is 1. The zero-order valence-electron chi connectivity index (χ0n) is 12.7. The first-order valence-electron chi connectivity index (χ1n) is 7.48. The van der Waals surface area contributed by atoms with E-state index in [4.69, 9.17) is 4.74 Å². The molecule has 0 radical (unpaired) electrons. The molecule has 112 valence electrons. The summed E-state index contributed by atoms with van der Waals surface area (Å²) in [4.78, 5) is 16.4. The summed E-state index contributed by atoms with van der Waals surface area (Å²) in [5.74, 6) is 0.593. The van der Waals surface area contributed by atoms with Crippen LogP contribution >= 0.6 is 0 Å². The maximum absolute atomic E-state index is 12.0. The lowest BCUT2D eigenvalue weighted by Gasteiger charge is -2.09. The molecule has 0 bridgehead atoms. The van der Waals surface area contributed by atoms with Gasteiger partial charge in [0, 0.05) is 17.9 Å². The minimum absolute atomic E-state index is 0.0447. The van der Waals surface area contributed by atoms with Crippen LogP contribution in [0.5, 0.6) is 5.88 Å². The van der Waals surface area contributed by atoms with Gasteiger partial charge in [0.25, 0.3) is 0 Å². The molecule has 0 aliphatic heterocycles. The molecular formula is C17H22N2O2. The lowest BCUT2D eigenvalue weighted by atomic mass is 10.1. The Labute approximate surface area is 125 Å². The van der Waals surface area contributed by atoms with E-state index in [-0.39, 0.29) is 5.91 Å². The van der Waals surface area contributed by atoms with Crippen molar-refractivity contribution >= 4 is 22.5 Å². The molecule has 0 saturated heterocycles. The van der Waals surface area contributed by atoms with Gasteiger partial charge in [-0.05, 0) is 18.6 Å². The van der Waals surface area contributed by atoms with Crippen LogP contribution in [0, 0.1) is 0 Å². The van der Waals surface area contributed by atoms with Crippen LogP contribution in [-0.2, 0) is 4.79 Å². The third kappa shape index (κ3) is 4.18. The number of rotatable bonds is 7. The van der Waals surface area contributed by atoms with Gasteiger partial charge in [-0.2, -0.15) is 0 Å². The fraction of sp³-hybridized carbons (Fsp3) is 0.412. The molecule has 0 aliphatic carbocycles. The van der Waals surface area contributed by atoms with Gasteiger partial charge in [-0.1, -0.05) is 38.3 Å². The van der Waals surface area contributed by atoms with E-state index in [2.05, 4.69) is 17.2 Å². The monoisotopic (exact) mass is 286 g/mol. The number of para-hydroxylation sites is 1. The average molecular weight is 286 g/mol. The number of carbonyl (C=O) groups excluding carboxylic acids is 1. The number of aromatic nitrogens is 1. The number of fused-ring (bicyclic) bond motifs is 1. The molecule has 4 heteroatoms. The predicted octanol–water partition coefficient (Wildman–Crippen LogP) is 4.15. The Hall–Kier alpha value is -2.10. The highest BCUT2D eigenvalue weighted by Crippen LogP contribution is 2.24. The molecule has 1 aromatic heterocycles. The van der Waals surface area contributed by atoms with E-state index in [0.717, 1.165) is 29.4 Å². The van der Waals surface area contributed by atoms with Gasteiger partial charge in [-0.25, -0.2) is 4.98 Å². The molecule has 1 aromatic carbocycles. The van der Waals surface area contributed by atoms with E-state index in [0.29, 0.717) is 12.3 Å². The molecule has 0 fully saturated rings. The van der Waals surface area contributed by atoms with Crippen LogP contribution in [0.25, 0.3) is 10.9 Å². The summed E-state index contributed by atoms with van der Waals surface area (Å²) in [6.45, 7) is 2.16. The Balaban J connectivity index is 2.08. The van der Waals surface area contributed by atoms with Gasteiger partial charge < -0.3 is 10.1 Å². The van der Waals surface area contributed by atoms with Crippen molar-refractivity contribution < 1.29 is 9.53 Å². The molecule has 0 aliphatic rings. The Kier molecular flexibility index (Phi) is 5.55. The Morgan fingerprint density at radius 3 is 2.81 bits per heavy atom. The first-order chi connectivity index (χ1) is 10.2. The molecule has 2 aromatic rings. The van der Waals surface area contributed by atoms with Gasteiger partial charge >= 0.3 is 0 Å². The van der Waals surface area contributed by atoms with Crippen molar-refractivity contribution in [2.24, 2.45) is 0 Å². The zero-order valence-corrected chi connectivity index (χ0v) is 12.7. The molecule has 0 atom stereocenters. The van der Waals surface area contributed by atoms with Gasteiger partial charge in [-0.3, -0.25) is 4.79 Å². The van der Waals surface area contributed by atoms with E-state index >= 15 is 0 Å². The summed E-state index contributed by atoms with van der Waals surface area (Å²) in [6.07, 6.45) is 4.95. The van der Waals surface area contributed by atoms with Gasteiger partial charge in [0.05, 0.1) is 18.3 Å². The third-order valence-electron chi connectivity index (χ3n) is 3.44. The van der Waals surface area contributed by atoms with Crippen LogP contribution in [0.3, 0.4) is 0 Å². The number of pyridine rings is 1. The van der Waals surface area contributed by atoms with Gasteiger partial charge in [-0.15, -0.1) is 0 Å². The largest absolute Gasteiger partial charge is 0.481 e. The highest BCUT2D eigenvalue weighted by atomic mass is 16.5. The number of nitrogens with one attached hydrogen (secondary N) is 1. The number of benzene rings is 1. The second-order valence-corrected chi connectivity index (χ2v) is 5.09. The normalized spacial score (nSPS) is 10.6. The standard InChI is InChI=1S/C17H22N2O2/c1-3-4-5-6-10-15(20)18-14-9-7-8-13-11-12-16(21-2)19-17(13)14/h7-9,11-12H,3-6,10H2,1-2H3,(H,18,20). The summed E-state index contributed by atoms with van der Waals surface area (Å²) >= 11 is 0. The molecule has 0 saturated carbocycles. The predicted molar refractivity (Wildman–Crippen MR) is 85.7 cm³/mol. The van der Waals surface area contributed by atoms with Crippen molar-refractivity contribution in [3.63, 3.8) is 0 Å². The molecule has 4 nitrogen and oxygen atoms in total. The first kappa shape index (κ1) is 15.3. The van der Waals surface area contributed by atoms with Crippen LogP contribution in [0.15, 0.2) is 30.3 Å². The molecule has 21 heavy (non-hydrogen) atoms. The van der Waals surface area contributed by atoms with E-state index in [1.165, 1.54) is 12.8 Å². The van der Waals surface area contributed by atoms with Crippen molar-refractivity contribution in [3.8, 4) is 5.88 Å². The van der Waals surface area contributed by atoms with Crippen LogP contribution in [0.1, 0.15) is 39.0 Å². The second-order valence-electron chi connectivity index (χ2n) is 5.09. The third-order valence-corrected chi connectivity index (χ3v) is 3.44. The molecule has 0 spiro atoms. The topological polar surface area (TPSA) is 51.2 Å². The highest BCUT2D eigenvalue weighted by Gasteiger charge is 2.07. The van der Waals surface area contributed by atoms with Crippen LogP contribution in [0.2, 0.25) is 0 Å². The average Bonchev–Trinajstić information content (AvgIpc) is 2.51. The summed E-state index contributed by atoms with van der Waals surface area (Å²) in [7, 11) is 1.59. The minimum atomic E-state index is 0.0447.